The number of nitrogens with one attached hydrogen (secondary N) is 1. The van der Waals surface area contributed by atoms with Gasteiger partial charge in [-0.2, -0.15) is 0 Å². The topological polar surface area (TPSA) is 63.2 Å². The van der Waals surface area contributed by atoms with Gasteiger partial charge in [-0.1, -0.05) is 24.6 Å². The van der Waals surface area contributed by atoms with E-state index in [1.54, 1.807) is 11.8 Å². The summed E-state index contributed by atoms with van der Waals surface area (Å²) in [6, 6.07) is 7.68. The summed E-state index contributed by atoms with van der Waals surface area (Å²) in [7, 11) is -3.49. The van der Waals surface area contributed by atoms with E-state index in [2.05, 4.69) is 4.72 Å². The molecule has 3 rings (SSSR count). The Hall–Kier alpha value is -1.01. The lowest BCUT2D eigenvalue weighted by atomic mass is 9.87. The average molecular weight is 311 g/mol. The number of hydrogen-bond donors (Lipinski definition) is 1. The number of carbonyl (C=O) groups is 1. The van der Waals surface area contributed by atoms with Gasteiger partial charge < -0.3 is 0 Å². The molecule has 108 valence electrons. The summed E-state index contributed by atoms with van der Waals surface area (Å²) in [4.78, 5) is 13.3. The van der Waals surface area contributed by atoms with E-state index < -0.39 is 10.0 Å². The van der Waals surface area contributed by atoms with Crippen LogP contribution in [0.2, 0.25) is 0 Å². The fourth-order valence-electron chi connectivity index (χ4n) is 2.62. The molecule has 1 aromatic rings. The quantitative estimate of drug-likeness (QED) is 0.925. The van der Waals surface area contributed by atoms with Crippen LogP contribution >= 0.6 is 11.8 Å². The molecule has 20 heavy (non-hydrogen) atoms. The molecular weight excluding hydrogens is 294 g/mol. The maximum Gasteiger partial charge on any atom is 0.241 e. The van der Waals surface area contributed by atoms with Gasteiger partial charge in [-0.15, -0.1) is 11.8 Å². The number of thioether (sulfide) groups is 1. The first-order valence-corrected chi connectivity index (χ1v) is 9.45. The molecule has 1 atom stereocenters. The van der Waals surface area contributed by atoms with Crippen LogP contribution in [0.15, 0.2) is 29.2 Å². The van der Waals surface area contributed by atoms with Crippen molar-refractivity contribution in [3.8, 4) is 0 Å². The first-order valence-electron chi connectivity index (χ1n) is 6.81. The van der Waals surface area contributed by atoms with Gasteiger partial charge >= 0.3 is 0 Å². The third-order valence-corrected chi connectivity index (χ3v) is 6.56. The highest BCUT2D eigenvalue weighted by Gasteiger charge is 2.32. The van der Waals surface area contributed by atoms with E-state index >= 15 is 0 Å². The summed E-state index contributed by atoms with van der Waals surface area (Å²) in [5.41, 5.74) is 0.939. The highest BCUT2D eigenvalue weighted by Crippen LogP contribution is 2.39. The molecule has 6 heteroatoms. The van der Waals surface area contributed by atoms with Gasteiger partial charge in [-0.25, -0.2) is 8.42 Å². The standard InChI is InChI=1S/C14H17NO3S2/c16-14(15-20(17,18)9-10-4-3-5-10)12-8-19-13-7-2-1-6-11(12)13/h1-2,6-7,10,12H,3-5,8-9H2,(H,15,16). The molecule has 1 unspecified atom stereocenters. The van der Waals surface area contributed by atoms with E-state index in [9.17, 15) is 13.2 Å². The van der Waals surface area contributed by atoms with Crippen LogP contribution in [0.1, 0.15) is 30.7 Å². The Morgan fingerprint density at radius 1 is 1.30 bits per heavy atom. The van der Waals surface area contributed by atoms with Crippen LogP contribution in [0.4, 0.5) is 0 Å². The van der Waals surface area contributed by atoms with Gasteiger partial charge in [0.15, 0.2) is 0 Å². The fourth-order valence-corrected chi connectivity index (χ4v) is 5.33. The lowest BCUT2D eigenvalue weighted by Crippen LogP contribution is -2.39. The molecule has 1 amide bonds. The van der Waals surface area contributed by atoms with Crippen molar-refractivity contribution < 1.29 is 13.2 Å². The Bertz CT molecular complexity index is 623. The summed E-state index contributed by atoms with van der Waals surface area (Å²) in [6.45, 7) is 0. The SMILES string of the molecule is O=C(NS(=O)(=O)CC1CCC1)C1CSc2ccccc21. The molecular formula is C14H17NO3S2. The first-order chi connectivity index (χ1) is 9.55. The van der Waals surface area contributed by atoms with E-state index in [0.29, 0.717) is 5.75 Å². The van der Waals surface area contributed by atoms with Crippen LogP contribution in [0.3, 0.4) is 0 Å². The van der Waals surface area contributed by atoms with E-state index in [4.69, 9.17) is 0 Å². The minimum Gasteiger partial charge on any atom is -0.273 e. The summed E-state index contributed by atoms with van der Waals surface area (Å²) in [6.07, 6.45) is 3.01. The Morgan fingerprint density at radius 2 is 2.05 bits per heavy atom. The highest BCUT2D eigenvalue weighted by atomic mass is 32.2. The minimum atomic E-state index is -3.49. The zero-order valence-electron chi connectivity index (χ0n) is 11.0. The molecule has 1 saturated carbocycles. The van der Waals surface area contributed by atoms with Crippen LogP contribution in [-0.2, 0) is 14.8 Å². The number of fused-ring (bicyclic) bond motifs is 1. The normalized spacial score (nSPS) is 22.1. The molecule has 1 N–H and O–H groups in total. The van der Waals surface area contributed by atoms with Gasteiger partial charge in [-0.3, -0.25) is 9.52 Å². The second-order valence-corrected chi connectivity index (χ2v) is 8.27. The third kappa shape index (κ3) is 2.86. The Balaban J connectivity index is 1.68. The van der Waals surface area contributed by atoms with Gasteiger partial charge in [0.25, 0.3) is 0 Å². The minimum absolute atomic E-state index is 0.0836. The average Bonchev–Trinajstić information content (AvgIpc) is 2.77. The van der Waals surface area contributed by atoms with Gasteiger partial charge in [0.05, 0.1) is 11.7 Å². The van der Waals surface area contributed by atoms with Crippen LogP contribution in [-0.4, -0.2) is 25.8 Å². The maximum absolute atomic E-state index is 12.2. The van der Waals surface area contributed by atoms with Gasteiger partial charge in [0, 0.05) is 10.6 Å². The Labute approximate surface area is 123 Å². The number of sulfonamides is 1. The van der Waals surface area contributed by atoms with Gasteiger partial charge in [-0.05, 0) is 30.4 Å². The summed E-state index contributed by atoms with van der Waals surface area (Å²) < 4.78 is 26.2. The molecule has 1 fully saturated rings. The van der Waals surface area contributed by atoms with Crippen molar-refractivity contribution in [2.24, 2.45) is 5.92 Å². The number of rotatable bonds is 4. The number of hydrogen-bond acceptors (Lipinski definition) is 4. The largest absolute Gasteiger partial charge is 0.273 e. The molecule has 0 radical (unpaired) electrons. The molecule has 1 aliphatic heterocycles. The van der Waals surface area contributed by atoms with E-state index in [1.807, 2.05) is 24.3 Å². The third-order valence-electron chi connectivity index (χ3n) is 3.95. The van der Waals surface area contributed by atoms with Gasteiger partial charge in [0.1, 0.15) is 0 Å². The van der Waals surface area contributed by atoms with Crippen molar-refractivity contribution >= 4 is 27.7 Å². The smallest absolute Gasteiger partial charge is 0.241 e. The van der Waals surface area contributed by atoms with Crippen molar-refractivity contribution in [2.45, 2.75) is 30.1 Å². The van der Waals surface area contributed by atoms with E-state index in [1.165, 1.54) is 0 Å². The summed E-state index contributed by atoms with van der Waals surface area (Å²) in [5, 5.41) is 0. The van der Waals surface area contributed by atoms with Crippen molar-refractivity contribution in [3.05, 3.63) is 29.8 Å². The molecule has 0 saturated heterocycles. The van der Waals surface area contributed by atoms with E-state index in [-0.39, 0.29) is 23.5 Å². The molecule has 2 aliphatic rings. The van der Waals surface area contributed by atoms with Crippen molar-refractivity contribution in [1.29, 1.82) is 0 Å². The van der Waals surface area contributed by atoms with Gasteiger partial charge in [0.2, 0.25) is 15.9 Å². The van der Waals surface area contributed by atoms with Crippen LogP contribution in [0.5, 0.6) is 0 Å². The van der Waals surface area contributed by atoms with Crippen molar-refractivity contribution in [1.82, 2.24) is 4.72 Å². The molecule has 0 bridgehead atoms. The monoisotopic (exact) mass is 311 g/mol. The second-order valence-electron chi connectivity index (χ2n) is 5.45. The van der Waals surface area contributed by atoms with Crippen LogP contribution in [0.25, 0.3) is 0 Å². The molecule has 4 nitrogen and oxygen atoms in total. The molecule has 1 aliphatic carbocycles. The molecule has 0 aromatic heterocycles. The first kappa shape index (κ1) is 13.9. The predicted molar refractivity (Wildman–Crippen MR) is 79.2 cm³/mol. The molecule has 0 spiro atoms. The molecule has 1 heterocycles. The summed E-state index contributed by atoms with van der Waals surface area (Å²) in [5.74, 6) is 0.185. The lowest BCUT2D eigenvalue weighted by molar-refractivity contribution is -0.120. The zero-order chi connectivity index (χ0) is 14.2. The summed E-state index contributed by atoms with van der Waals surface area (Å²) >= 11 is 1.60. The Kier molecular flexibility index (Phi) is 3.77. The van der Waals surface area contributed by atoms with Crippen LogP contribution < -0.4 is 4.72 Å². The number of benzene rings is 1. The van der Waals surface area contributed by atoms with Crippen molar-refractivity contribution in [3.63, 3.8) is 0 Å². The highest BCUT2D eigenvalue weighted by molar-refractivity contribution is 7.99. The predicted octanol–water partition coefficient (Wildman–Crippen LogP) is 2.12. The Morgan fingerprint density at radius 3 is 2.75 bits per heavy atom. The van der Waals surface area contributed by atoms with Crippen molar-refractivity contribution in [2.75, 3.05) is 11.5 Å². The molecule has 1 aromatic carbocycles. The lowest BCUT2D eigenvalue weighted by Gasteiger charge is -2.25. The van der Waals surface area contributed by atoms with Crippen LogP contribution in [0, 0.1) is 5.92 Å². The van der Waals surface area contributed by atoms with E-state index in [0.717, 1.165) is 29.7 Å². The maximum atomic E-state index is 12.2. The number of carbonyl (C=O) groups excluding carboxylic acids is 1. The zero-order valence-corrected chi connectivity index (χ0v) is 12.7. The number of amides is 1. The fraction of sp³-hybridized carbons (Fsp3) is 0.500. The second kappa shape index (κ2) is 5.41.